The lowest BCUT2D eigenvalue weighted by Gasteiger charge is -2.05. The van der Waals surface area contributed by atoms with E-state index in [9.17, 15) is 44.7 Å². The molecule has 0 aromatic heterocycles. The molecule has 1 N–H and O–H groups in total. The van der Waals surface area contributed by atoms with Crippen LogP contribution >= 0.6 is 11.6 Å². The number of aromatic carboxylic acids is 1. The molecule has 2 aromatic rings. The van der Waals surface area contributed by atoms with E-state index in [1.807, 2.05) is 0 Å². The van der Waals surface area contributed by atoms with E-state index in [1.54, 1.807) is 0 Å². The predicted octanol–water partition coefficient (Wildman–Crippen LogP) is 5.18. The number of carbonyl (C=O) groups excluding carboxylic acids is 1. The molecule has 3 nitrogen and oxygen atoms in total. The van der Waals surface area contributed by atoms with Gasteiger partial charge in [0, 0.05) is 11.1 Å². The van der Waals surface area contributed by atoms with E-state index in [2.05, 4.69) is 0 Å². The number of hydrogen-bond donors (Lipinski definition) is 1. The molecule has 0 aliphatic rings. The van der Waals surface area contributed by atoms with Crippen molar-refractivity contribution in [2.45, 2.75) is 13.8 Å². The zero-order chi connectivity index (χ0) is 22.1. The standard InChI is InChI=1S/C8H3ClF4O.C8H4F4O2/c1-2-3(8(9)14)5(11)7(13)6(12)4(2)10;1-2-3(8(13)14)5(10)7(12)6(11)4(2)9/h1H3;1H3,(H,13,14). The molecule has 0 atom stereocenters. The first-order valence-electron chi connectivity index (χ1n) is 6.83. The van der Waals surface area contributed by atoms with Gasteiger partial charge in [0.25, 0.3) is 5.24 Å². The van der Waals surface area contributed by atoms with Crippen molar-refractivity contribution in [3.63, 3.8) is 0 Å². The van der Waals surface area contributed by atoms with Gasteiger partial charge in [-0.25, -0.2) is 39.9 Å². The Morgan fingerprint density at radius 2 is 0.893 bits per heavy atom. The number of hydrogen-bond acceptors (Lipinski definition) is 2. The molecule has 0 fully saturated rings. The molecule has 2 rings (SSSR count). The van der Waals surface area contributed by atoms with Crippen molar-refractivity contribution in [3.8, 4) is 0 Å². The van der Waals surface area contributed by atoms with Crippen LogP contribution in [-0.2, 0) is 0 Å². The minimum atomic E-state index is -2.12. The lowest BCUT2D eigenvalue weighted by atomic mass is 10.1. The highest BCUT2D eigenvalue weighted by atomic mass is 35.5. The monoisotopic (exact) mass is 434 g/mol. The van der Waals surface area contributed by atoms with Crippen molar-refractivity contribution in [1.29, 1.82) is 0 Å². The van der Waals surface area contributed by atoms with E-state index >= 15 is 0 Å². The molecule has 0 spiro atoms. The van der Waals surface area contributed by atoms with Gasteiger partial charge in [-0.1, -0.05) is 0 Å². The van der Waals surface area contributed by atoms with Crippen molar-refractivity contribution >= 4 is 22.8 Å². The lowest BCUT2D eigenvalue weighted by molar-refractivity contribution is 0.0688. The summed E-state index contributed by atoms with van der Waals surface area (Å²) in [5.74, 6) is -17.0. The number of carboxylic acid groups (broad SMARTS) is 1. The second-order valence-corrected chi connectivity index (χ2v) is 5.43. The Morgan fingerprint density at radius 1 is 0.607 bits per heavy atom. The van der Waals surface area contributed by atoms with Crippen LogP contribution in [0.3, 0.4) is 0 Å². The van der Waals surface area contributed by atoms with Crippen LogP contribution in [0.4, 0.5) is 35.1 Å². The molecule has 0 saturated heterocycles. The molecule has 152 valence electrons. The molecular formula is C16H7ClF8O3. The molecule has 2 aromatic carbocycles. The Morgan fingerprint density at radius 3 is 1.21 bits per heavy atom. The summed E-state index contributed by atoms with van der Waals surface area (Å²) < 4.78 is 101. The molecular weight excluding hydrogens is 428 g/mol. The zero-order valence-electron chi connectivity index (χ0n) is 13.7. The number of carbonyl (C=O) groups is 2. The van der Waals surface area contributed by atoms with Gasteiger partial charge in [0.15, 0.2) is 46.5 Å². The number of halogens is 9. The quantitative estimate of drug-likeness (QED) is 0.307. The van der Waals surface area contributed by atoms with Gasteiger partial charge in [-0.15, -0.1) is 0 Å². The maximum Gasteiger partial charge on any atom is 0.339 e. The maximum absolute atomic E-state index is 12.9. The summed E-state index contributed by atoms with van der Waals surface area (Å²) in [4.78, 5) is 20.9. The molecule has 0 saturated carbocycles. The highest BCUT2D eigenvalue weighted by Gasteiger charge is 2.27. The van der Waals surface area contributed by atoms with E-state index in [1.165, 1.54) is 0 Å². The summed E-state index contributed by atoms with van der Waals surface area (Å²) in [7, 11) is 0. The van der Waals surface area contributed by atoms with Crippen LogP contribution in [0.1, 0.15) is 31.8 Å². The summed E-state index contributed by atoms with van der Waals surface area (Å²) in [5.41, 5.74) is -3.60. The molecule has 0 unspecified atom stereocenters. The van der Waals surface area contributed by atoms with Crippen LogP contribution in [-0.4, -0.2) is 16.3 Å². The second kappa shape index (κ2) is 8.55. The van der Waals surface area contributed by atoms with Crippen molar-refractivity contribution in [2.75, 3.05) is 0 Å². The topological polar surface area (TPSA) is 54.4 Å². The highest BCUT2D eigenvalue weighted by Crippen LogP contribution is 2.25. The van der Waals surface area contributed by atoms with Gasteiger partial charge in [-0.2, -0.15) is 0 Å². The van der Waals surface area contributed by atoms with Crippen molar-refractivity contribution in [2.24, 2.45) is 0 Å². The highest BCUT2D eigenvalue weighted by molar-refractivity contribution is 6.68. The largest absolute Gasteiger partial charge is 0.478 e. The Hall–Kier alpha value is -2.69. The third kappa shape index (κ3) is 4.08. The minimum absolute atomic E-state index is 0.651. The summed E-state index contributed by atoms with van der Waals surface area (Å²) in [5, 5.41) is 7.01. The van der Waals surface area contributed by atoms with E-state index < -0.39 is 80.0 Å². The Balaban J connectivity index is 0.000000280. The lowest BCUT2D eigenvalue weighted by Crippen LogP contribution is -2.11. The molecule has 0 amide bonds. The molecule has 0 heterocycles. The molecule has 28 heavy (non-hydrogen) atoms. The van der Waals surface area contributed by atoms with Gasteiger partial charge in [-0.3, -0.25) is 4.79 Å². The van der Waals surface area contributed by atoms with E-state index in [-0.39, 0.29) is 0 Å². The smallest absolute Gasteiger partial charge is 0.339 e. The van der Waals surface area contributed by atoms with Crippen molar-refractivity contribution in [1.82, 2.24) is 0 Å². The van der Waals surface area contributed by atoms with Gasteiger partial charge in [0.1, 0.15) is 5.56 Å². The first-order valence-corrected chi connectivity index (χ1v) is 7.21. The summed E-state index contributed by atoms with van der Waals surface area (Å²) in [6, 6.07) is 0. The summed E-state index contributed by atoms with van der Waals surface area (Å²) >= 11 is 4.88. The van der Waals surface area contributed by atoms with E-state index in [0.29, 0.717) is 0 Å². The SMILES string of the molecule is Cc1c(F)c(F)c(F)c(F)c1C(=O)Cl.Cc1c(F)c(F)c(F)c(F)c1C(=O)O. The molecule has 0 aliphatic heterocycles. The summed E-state index contributed by atoms with van der Waals surface area (Å²) in [6.45, 7) is 1.78. The van der Waals surface area contributed by atoms with Crippen LogP contribution in [0.15, 0.2) is 0 Å². The van der Waals surface area contributed by atoms with E-state index in [0.717, 1.165) is 13.8 Å². The Kier molecular flexibility index (Phi) is 7.13. The second-order valence-electron chi connectivity index (χ2n) is 5.09. The van der Waals surface area contributed by atoms with Crippen LogP contribution < -0.4 is 0 Å². The predicted molar refractivity (Wildman–Crippen MR) is 79.2 cm³/mol. The van der Waals surface area contributed by atoms with Gasteiger partial charge in [0.2, 0.25) is 0 Å². The fourth-order valence-corrected chi connectivity index (χ4v) is 2.20. The van der Waals surface area contributed by atoms with Gasteiger partial charge >= 0.3 is 5.97 Å². The van der Waals surface area contributed by atoms with Crippen LogP contribution in [0.5, 0.6) is 0 Å². The fraction of sp³-hybridized carbons (Fsp3) is 0.125. The summed E-state index contributed by atoms with van der Waals surface area (Å²) in [6.07, 6.45) is 0. The molecule has 0 aliphatic carbocycles. The first kappa shape index (κ1) is 23.3. The average molecular weight is 435 g/mol. The maximum atomic E-state index is 12.9. The van der Waals surface area contributed by atoms with Crippen molar-refractivity contribution in [3.05, 3.63) is 68.8 Å². The van der Waals surface area contributed by atoms with Crippen LogP contribution in [0, 0.1) is 60.4 Å². The van der Waals surface area contributed by atoms with Crippen LogP contribution in [0.2, 0.25) is 0 Å². The number of rotatable bonds is 2. The van der Waals surface area contributed by atoms with Crippen LogP contribution in [0.25, 0.3) is 0 Å². The fourth-order valence-electron chi connectivity index (χ4n) is 1.97. The van der Waals surface area contributed by atoms with Gasteiger partial charge < -0.3 is 5.11 Å². The van der Waals surface area contributed by atoms with Gasteiger partial charge in [-0.05, 0) is 25.4 Å². The van der Waals surface area contributed by atoms with Gasteiger partial charge in [0.05, 0.1) is 5.56 Å². The third-order valence-corrected chi connectivity index (χ3v) is 3.60. The number of benzene rings is 2. The zero-order valence-corrected chi connectivity index (χ0v) is 14.4. The minimum Gasteiger partial charge on any atom is -0.478 e. The molecule has 12 heteroatoms. The third-order valence-electron chi connectivity index (χ3n) is 3.41. The molecule has 0 radical (unpaired) electrons. The molecule has 0 bridgehead atoms. The average Bonchev–Trinajstić information content (AvgIpc) is 2.61. The Bertz CT molecular complexity index is 853. The Labute approximate surface area is 156 Å². The number of carboxylic acids is 1. The normalized spacial score (nSPS) is 10.4. The van der Waals surface area contributed by atoms with Crippen molar-refractivity contribution < 1.29 is 49.8 Å². The first-order chi connectivity index (χ1) is 12.7. The van der Waals surface area contributed by atoms with E-state index in [4.69, 9.17) is 16.7 Å².